The Kier molecular flexibility index (Phi) is 4.07. The standard InChI is InChI=1S/C14H21N3O/c1-2-3-9-17(13-7-8-13)14(18)16-12-6-4-5-11(15)10-12/h4-6,10,13H,2-3,7-9,15H2,1H3,(H,16,18). The Balaban J connectivity index is 1.96. The fourth-order valence-electron chi connectivity index (χ4n) is 1.98. The Morgan fingerprint density at radius 3 is 2.89 bits per heavy atom. The monoisotopic (exact) mass is 247 g/mol. The summed E-state index contributed by atoms with van der Waals surface area (Å²) in [6.07, 6.45) is 4.43. The summed E-state index contributed by atoms with van der Waals surface area (Å²) in [5.74, 6) is 0. The molecule has 1 aromatic carbocycles. The van der Waals surface area contributed by atoms with Crippen molar-refractivity contribution in [3.63, 3.8) is 0 Å². The summed E-state index contributed by atoms with van der Waals surface area (Å²) in [5, 5.41) is 2.92. The Morgan fingerprint density at radius 2 is 2.28 bits per heavy atom. The molecule has 0 aromatic heterocycles. The molecule has 1 aliphatic rings. The maximum atomic E-state index is 12.2. The van der Waals surface area contributed by atoms with Crippen molar-refractivity contribution >= 4 is 17.4 Å². The highest BCUT2D eigenvalue weighted by atomic mass is 16.2. The van der Waals surface area contributed by atoms with E-state index in [1.54, 1.807) is 6.07 Å². The summed E-state index contributed by atoms with van der Waals surface area (Å²) in [4.78, 5) is 14.1. The van der Waals surface area contributed by atoms with Gasteiger partial charge in [0.2, 0.25) is 0 Å². The van der Waals surface area contributed by atoms with Gasteiger partial charge in [0.15, 0.2) is 0 Å². The summed E-state index contributed by atoms with van der Waals surface area (Å²) < 4.78 is 0. The number of nitrogens with two attached hydrogens (primary N) is 1. The van der Waals surface area contributed by atoms with Crippen LogP contribution in [-0.4, -0.2) is 23.5 Å². The van der Waals surface area contributed by atoms with E-state index in [0.29, 0.717) is 11.7 Å². The van der Waals surface area contributed by atoms with E-state index < -0.39 is 0 Å². The molecule has 1 fully saturated rings. The predicted octanol–water partition coefficient (Wildman–Crippen LogP) is 3.07. The molecule has 3 N–H and O–H groups in total. The molecule has 2 rings (SSSR count). The molecular weight excluding hydrogens is 226 g/mol. The van der Waals surface area contributed by atoms with Crippen LogP contribution >= 0.6 is 0 Å². The summed E-state index contributed by atoms with van der Waals surface area (Å²) in [5.41, 5.74) is 7.13. The number of carbonyl (C=O) groups is 1. The molecule has 0 spiro atoms. The maximum Gasteiger partial charge on any atom is 0.322 e. The van der Waals surface area contributed by atoms with Crippen molar-refractivity contribution < 1.29 is 4.79 Å². The molecule has 1 saturated carbocycles. The van der Waals surface area contributed by atoms with Crippen LogP contribution in [0.4, 0.5) is 16.2 Å². The van der Waals surface area contributed by atoms with Gasteiger partial charge in [-0.2, -0.15) is 0 Å². The molecule has 18 heavy (non-hydrogen) atoms. The lowest BCUT2D eigenvalue weighted by atomic mass is 10.3. The normalized spacial score (nSPS) is 14.3. The van der Waals surface area contributed by atoms with Crippen molar-refractivity contribution in [2.45, 2.75) is 38.6 Å². The third kappa shape index (κ3) is 3.39. The van der Waals surface area contributed by atoms with Crippen LogP contribution in [-0.2, 0) is 0 Å². The van der Waals surface area contributed by atoms with E-state index in [2.05, 4.69) is 12.2 Å². The molecule has 2 amide bonds. The highest BCUT2D eigenvalue weighted by Gasteiger charge is 2.32. The predicted molar refractivity (Wildman–Crippen MR) is 74.5 cm³/mol. The van der Waals surface area contributed by atoms with Gasteiger partial charge in [-0.15, -0.1) is 0 Å². The van der Waals surface area contributed by atoms with E-state index in [1.165, 1.54) is 0 Å². The number of urea groups is 1. The number of amides is 2. The molecular formula is C14H21N3O. The number of carbonyl (C=O) groups excluding carboxylic acids is 1. The zero-order valence-corrected chi connectivity index (χ0v) is 10.9. The van der Waals surface area contributed by atoms with Gasteiger partial charge in [0.25, 0.3) is 0 Å². The van der Waals surface area contributed by atoms with Crippen LogP contribution in [0.15, 0.2) is 24.3 Å². The van der Waals surface area contributed by atoms with Crippen LogP contribution < -0.4 is 11.1 Å². The lowest BCUT2D eigenvalue weighted by molar-refractivity contribution is 0.208. The first-order valence-electron chi connectivity index (χ1n) is 6.64. The average Bonchev–Trinajstić information content (AvgIpc) is 3.14. The number of benzene rings is 1. The number of hydrogen-bond acceptors (Lipinski definition) is 2. The number of nitrogens with one attached hydrogen (secondary N) is 1. The number of nitrogen functional groups attached to an aromatic ring is 1. The summed E-state index contributed by atoms with van der Waals surface area (Å²) >= 11 is 0. The first kappa shape index (κ1) is 12.7. The van der Waals surface area contributed by atoms with Gasteiger partial charge in [0, 0.05) is 24.0 Å². The van der Waals surface area contributed by atoms with Gasteiger partial charge < -0.3 is 16.0 Å². The van der Waals surface area contributed by atoms with Gasteiger partial charge in [-0.05, 0) is 37.5 Å². The van der Waals surface area contributed by atoms with Crippen molar-refractivity contribution in [1.82, 2.24) is 4.90 Å². The van der Waals surface area contributed by atoms with E-state index in [4.69, 9.17) is 5.73 Å². The van der Waals surface area contributed by atoms with Crippen molar-refractivity contribution in [2.75, 3.05) is 17.6 Å². The molecule has 4 heteroatoms. The van der Waals surface area contributed by atoms with Crippen LogP contribution in [0, 0.1) is 0 Å². The Labute approximate surface area is 108 Å². The molecule has 1 aliphatic carbocycles. The summed E-state index contributed by atoms with van der Waals surface area (Å²) in [7, 11) is 0. The SMILES string of the molecule is CCCCN(C(=O)Nc1cccc(N)c1)C1CC1. The lowest BCUT2D eigenvalue weighted by Crippen LogP contribution is -2.37. The van der Waals surface area contributed by atoms with Gasteiger partial charge in [-0.25, -0.2) is 4.79 Å². The lowest BCUT2D eigenvalue weighted by Gasteiger charge is -2.22. The number of hydrogen-bond donors (Lipinski definition) is 2. The highest BCUT2D eigenvalue weighted by molar-refractivity contribution is 5.90. The minimum atomic E-state index is -0.00319. The van der Waals surface area contributed by atoms with Crippen molar-refractivity contribution in [3.05, 3.63) is 24.3 Å². The quantitative estimate of drug-likeness (QED) is 0.786. The number of anilines is 2. The Hall–Kier alpha value is -1.71. The minimum absolute atomic E-state index is 0.00319. The molecule has 0 saturated heterocycles. The Bertz CT molecular complexity index is 415. The molecule has 0 heterocycles. The van der Waals surface area contributed by atoms with Crippen LogP contribution in [0.2, 0.25) is 0 Å². The zero-order valence-electron chi connectivity index (χ0n) is 10.9. The highest BCUT2D eigenvalue weighted by Crippen LogP contribution is 2.28. The van der Waals surface area contributed by atoms with Crippen LogP contribution in [0.3, 0.4) is 0 Å². The fourth-order valence-corrected chi connectivity index (χ4v) is 1.98. The second-order valence-corrected chi connectivity index (χ2v) is 4.83. The van der Waals surface area contributed by atoms with Crippen molar-refractivity contribution in [2.24, 2.45) is 0 Å². The van der Waals surface area contributed by atoms with Gasteiger partial charge in [-0.3, -0.25) is 0 Å². The van der Waals surface area contributed by atoms with Crippen LogP contribution in [0.5, 0.6) is 0 Å². The van der Waals surface area contributed by atoms with Gasteiger partial charge in [0.1, 0.15) is 0 Å². The summed E-state index contributed by atoms with van der Waals surface area (Å²) in [6, 6.07) is 7.74. The Morgan fingerprint density at radius 1 is 1.50 bits per heavy atom. The minimum Gasteiger partial charge on any atom is -0.399 e. The molecule has 0 bridgehead atoms. The van der Waals surface area contributed by atoms with E-state index in [0.717, 1.165) is 37.9 Å². The van der Waals surface area contributed by atoms with Crippen molar-refractivity contribution in [3.8, 4) is 0 Å². The third-order valence-corrected chi connectivity index (χ3v) is 3.14. The molecule has 0 radical (unpaired) electrons. The maximum absolute atomic E-state index is 12.2. The molecule has 1 aromatic rings. The number of rotatable bonds is 5. The molecule has 4 nitrogen and oxygen atoms in total. The van der Waals surface area contributed by atoms with Crippen molar-refractivity contribution in [1.29, 1.82) is 0 Å². The molecule has 0 atom stereocenters. The first-order chi connectivity index (χ1) is 8.70. The molecule has 0 aliphatic heterocycles. The van der Waals surface area contributed by atoms with E-state index >= 15 is 0 Å². The summed E-state index contributed by atoms with van der Waals surface area (Å²) in [6.45, 7) is 2.98. The molecule has 98 valence electrons. The zero-order chi connectivity index (χ0) is 13.0. The fraction of sp³-hybridized carbons (Fsp3) is 0.500. The van der Waals surface area contributed by atoms with E-state index in [9.17, 15) is 4.79 Å². The second kappa shape index (κ2) is 5.76. The largest absolute Gasteiger partial charge is 0.399 e. The van der Waals surface area contributed by atoms with E-state index in [-0.39, 0.29) is 6.03 Å². The second-order valence-electron chi connectivity index (χ2n) is 4.83. The third-order valence-electron chi connectivity index (χ3n) is 3.14. The van der Waals surface area contributed by atoms with Gasteiger partial charge >= 0.3 is 6.03 Å². The topological polar surface area (TPSA) is 58.4 Å². The molecule has 0 unspecified atom stereocenters. The van der Waals surface area contributed by atoms with Gasteiger partial charge in [-0.1, -0.05) is 19.4 Å². The first-order valence-corrected chi connectivity index (χ1v) is 6.64. The smallest absolute Gasteiger partial charge is 0.322 e. The van der Waals surface area contributed by atoms with Crippen LogP contribution in [0.25, 0.3) is 0 Å². The van der Waals surface area contributed by atoms with Gasteiger partial charge in [0.05, 0.1) is 0 Å². The average molecular weight is 247 g/mol. The number of nitrogens with zero attached hydrogens (tertiary/aromatic N) is 1. The number of unbranched alkanes of at least 4 members (excludes halogenated alkanes) is 1. The van der Waals surface area contributed by atoms with Crippen LogP contribution in [0.1, 0.15) is 32.6 Å². The van der Waals surface area contributed by atoms with E-state index in [1.807, 2.05) is 23.1 Å².